The molecule has 2 aliphatic rings. The first-order valence-corrected chi connectivity index (χ1v) is 15.9. The fraction of sp³-hybridized carbons (Fsp3) is 0.484. The number of carbonyl (C=O) groups is 2. The van der Waals surface area contributed by atoms with Crippen LogP contribution in [0.1, 0.15) is 45.1 Å². The van der Waals surface area contributed by atoms with E-state index < -0.39 is 40.0 Å². The summed E-state index contributed by atoms with van der Waals surface area (Å²) in [6.45, 7) is 4.21. The number of nitrogens with one attached hydrogen (secondary N) is 2. The van der Waals surface area contributed by atoms with E-state index in [9.17, 15) is 23.1 Å². The predicted octanol–water partition coefficient (Wildman–Crippen LogP) is 2.06. The number of hydrogen-bond donors (Lipinski definition) is 3. The quantitative estimate of drug-likeness (QED) is 0.231. The zero-order valence-corrected chi connectivity index (χ0v) is 25.4. The van der Waals surface area contributed by atoms with Gasteiger partial charge in [0.15, 0.2) is 11.5 Å². The van der Waals surface area contributed by atoms with Gasteiger partial charge in [0.05, 0.1) is 23.1 Å². The van der Waals surface area contributed by atoms with Crippen molar-refractivity contribution in [3.8, 4) is 23.8 Å². The van der Waals surface area contributed by atoms with Crippen molar-refractivity contribution in [2.75, 3.05) is 26.4 Å². The van der Waals surface area contributed by atoms with Gasteiger partial charge >= 0.3 is 0 Å². The number of nitrogens with zero attached hydrogens (tertiary/aromatic N) is 2. The number of hydrogen-bond acceptors (Lipinski definition) is 8. The zero-order valence-electron chi connectivity index (χ0n) is 24.6. The van der Waals surface area contributed by atoms with E-state index in [0.717, 1.165) is 17.0 Å². The van der Waals surface area contributed by atoms with Crippen molar-refractivity contribution in [2.24, 2.45) is 5.92 Å². The van der Waals surface area contributed by atoms with E-state index in [1.54, 1.807) is 0 Å². The van der Waals surface area contributed by atoms with Crippen LogP contribution in [-0.2, 0) is 26.0 Å². The summed E-state index contributed by atoms with van der Waals surface area (Å²) in [7, 11) is -4.10. The molecule has 1 unspecified atom stereocenters. The first-order chi connectivity index (χ1) is 20.6. The highest BCUT2D eigenvalue weighted by Gasteiger charge is 2.37. The number of terminal acetylenes is 1. The molecule has 1 saturated heterocycles. The third kappa shape index (κ3) is 8.26. The summed E-state index contributed by atoms with van der Waals surface area (Å²) in [6, 6.07) is 12.1. The SMILES string of the molecule is C#CCCC(=O)N(NC(=O)C1CCCN1)[C@@H](Cc1ccccc1)[C@H](O)CN(CC(C)C)S(=O)(=O)c1ccc2c(c1)OCO2. The lowest BCUT2D eigenvalue weighted by atomic mass is 9.99. The Hall–Kier alpha value is -3.63. The van der Waals surface area contributed by atoms with Gasteiger partial charge in [-0.2, -0.15) is 4.31 Å². The fourth-order valence-corrected chi connectivity index (χ4v) is 6.82. The molecular weight excluding hydrogens is 572 g/mol. The number of fused-ring (bicyclic) bond motifs is 1. The third-order valence-electron chi connectivity index (χ3n) is 7.36. The molecule has 3 atom stereocenters. The van der Waals surface area contributed by atoms with Crippen LogP contribution in [0.5, 0.6) is 11.5 Å². The van der Waals surface area contributed by atoms with Crippen LogP contribution in [0.25, 0.3) is 0 Å². The molecule has 2 aromatic rings. The van der Waals surface area contributed by atoms with Gasteiger partial charge in [0.2, 0.25) is 22.7 Å². The van der Waals surface area contributed by atoms with Crippen molar-refractivity contribution in [3.05, 3.63) is 54.1 Å². The molecule has 11 nitrogen and oxygen atoms in total. The van der Waals surface area contributed by atoms with E-state index in [0.29, 0.717) is 24.5 Å². The molecule has 4 rings (SSSR count). The van der Waals surface area contributed by atoms with Crippen LogP contribution in [0.15, 0.2) is 53.4 Å². The molecule has 0 aromatic heterocycles. The van der Waals surface area contributed by atoms with Gasteiger partial charge < -0.3 is 19.9 Å². The maximum absolute atomic E-state index is 13.9. The first-order valence-electron chi connectivity index (χ1n) is 14.5. The molecule has 0 saturated carbocycles. The number of benzene rings is 2. The smallest absolute Gasteiger partial charge is 0.255 e. The van der Waals surface area contributed by atoms with Gasteiger partial charge in [-0.25, -0.2) is 13.4 Å². The van der Waals surface area contributed by atoms with Gasteiger partial charge in [-0.05, 0) is 49.4 Å². The number of aliphatic hydroxyl groups excluding tert-OH is 1. The average molecular weight is 613 g/mol. The second kappa shape index (κ2) is 14.7. The Morgan fingerprint density at radius 3 is 2.56 bits per heavy atom. The van der Waals surface area contributed by atoms with Crippen LogP contribution in [0.3, 0.4) is 0 Å². The summed E-state index contributed by atoms with van der Waals surface area (Å²) >= 11 is 0. The standard InChI is InChI=1S/C31H40N4O7S/c1-4-5-13-30(37)35(33-31(38)25-12-9-16-32-25)26(17-23-10-7-6-8-11-23)27(36)20-34(19-22(2)3)43(39,40)24-14-15-28-29(18-24)42-21-41-28/h1,6-8,10-11,14-15,18,22,25-27,32,36H,5,9,12-13,16-17,19-21H2,2-3H3,(H,33,38)/t25?,26-,27+/m0/s1. The maximum atomic E-state index is 13.9. The van der Waals surface area contributed by atoms with Crippen LogP contribution >= 0.6 is 0 Å². The van der Waals surface area contributed by atoms with E-state index >= 15 is 0 Å². The lowest BCUT2D eigenvalue weighted by molar-refractivity contribution is -0.148. The lowest BCUT2D eigenvalue weighted by Gasteiger charge is -2.37. The second-order valence-electron chi connectivity index (χ2n) is 11.1. The number of aliphatic hydroxyl groups is 1. The third-order valence-corrected chi connectivity index (χ3v) is 9.19. The van der Waals surface area contributed by atoms with Crippen molar-refractivity contribution in [1.82, 2.24) is 20.1 Å². The Morgan fingerprint density at radius 1 is 1.14 bits per heavy atom. The van der Waals surface area contributed by atoms with E-state index in [2.05, 4.69) is 16.7 Å². The Balaban J connectivity index is 1.67. The molecule has 0 aliphatic carbocycles. The highest BCUT2D eigenvalue weighted by Crippen LogP contribution is 2.35. The summed E-state index contributed by atoms with van der Waals surface area (Å²) < 4.78 is 39.8. The molecule has 232 valence electrons. The molecule has 3 N–H and O–H groups in total. The van der Waals surface area contributed by atoms with Gasteiger partial charge in [-0.3, -0.25) is 15.0 Å². The molecule has 0 radical (unpaired) electrons. The number of amides is 2. The number of sulfonamides is 1. The highest BCUT2D eigenvalue weighted by atomic mass is 32.2. The molecule has 2 aromatic carbocycles. The summed E-state index contributed by atoms with van der Waals surface area (Å²) in [4.78, 5) is 26.7. The van der Waals surface area contributed by atoms with Gasteiger partial charge in [0.1, 0.15) is 0 Å². The minimum atomic E-state index is -4.10. The summed E-state index contributed by atoms with van der Waals surface area (Å²) in [6.07, 6.45) is 5.72. The Labute approximate surface area is 253 Å². The topological polar surface area (TPSA) is 138 Å². The molecule has 2 amide bonds. The molecule has 1 fully saturated rings. The van der Waals surface area contributed by atoms with Crippen molar-refractivity contribution in [3.63, 3.8) is 0 Å². The van der Waals surface area contributed by atoms with Gasteiger partial charge in [-0.1, -0.05) is 44.2 Å². The van der Waals surface area contributed by atoms with Gasteiger partial charge in [0, 0.05) is 32.0 Å². The van der Waals surface area contributed by atoms with E-state index in [4.69, 9.17) is 15.9 Å². The first kappa shape index (κ1) is 32.3. The molecule has 2 aliphatic heterocycles. The summed E-state index contributed by atoms with van der Waals surface area (Å²) in [5.74, 6) is 2.27. The number of rotatable bonds is 13. The summed E-state index contributed by atoms with van der Waals surface area (Å²) in [5, 5.41) is 16.1. The van der Waals surface area contributed by atoms with Crippen molar-refractivity contribution in [2.45, 2.75) is 69.0 Å². The molecule has 0 bridgehead atoms. The molecule has 2 heterocycles. The second-order valence-corrected chi connectivity index (χ2v) is 13.1. The van der Waals surface area contributed by atoms with Crippen LogP contribution in [0, 0.1) is 18.3 Å². The maximum Gasteiger partial charge on any atom is 0.255 e. The van der Waals surface area contributed by atoms with Gasteiger partial charge in [-0.15, -0.1) is 12.3 Å². The van der Waals surface area contributed by atoms with Crippen LogP contribution in [0.2, 0.25) is 0 Å². The number of ether oxygens (including phenoxy) is 2. The molecule has 12 heteroatoms. The molecular formula is C31H40N4O7S. The summed E-state index contributed by atoms with van der Waals surface area (Å²) in [5.41, 5.74) is 3.53. The van der Waals surface area contributed by atoms with Crippen LogP contribution < -0.4 is 20.2 Å². The largest absolute Gasteiger partial charge is 0.454 e. The van der Waals surface area contributed by atoms with Crippen molar-refractivity contribution in [1.29, 1.82) is 0 Å². The number of hydrazine groups is 1. The molecule has 43 heavy (non-hydrogen) atoms. The van der Waals surface area contributed by atoms with Crippen molar-refractivity contribution < 1.29 is 32.6 Å². The van der Waals surface area contributed by atoms with Gasteiger partial charge in [0.25, 0.3) is 5.91 Å². The Kier molecular flexibility index (Phi) is 11.0. The minimum absolute atomic E-state index is 0.0000591. The number of carbonyl (C=O) groups excluding carboxylic acids is 2. The van der Waals surface area contributed by atoms with E-state index in [1.165, 1.54) is 22.5 Å². The van der Waals surface area contributed by atoms with Crippen molar-refractivity contribution >= 4 is 21.8 Å². The molecule has 0 spiro atoms. The normalized spacial score (nSPS) is 17.4. The Morgan fingerprint density at radius 2 is 1.88 bits per heavy atom. The highest BCUT2D eigenvalue weighted by molar-refractivity contribution is 7.89. The predicted molar refractivity (Wildman–Crippen MR) is 160 cm³/mol. The Bertz CT molecular complexity index is 1400. The zero-order chi connectivity index (χ0) is 31.0. The van der Waals surface area contributed by atoms with E-state index in [-0.39, 0.29) is 50.0 Å². The van der Waals surface area contributed by atoms with Crippen LogP contribution in [-0.4, -0.2) is 79.3 Å². The monoisotopic (exact) mass is 612 g/mol. The van der Waals surface area contributed by atoms with Crippen LogP contribution in [0.4, 0.5) is 0 Å². The minimum Gasteiger partial charge on any atom is -0.454 e. The van der Waals surface area contributed by atoms with E-state index in [1.807, 2.05) is 44.2 Å². The fourth-order valence-electron chi connectivity index (χ4n) is 5.18. The average Bonchev–Trinajstić information content (AvgIpc) is 3.70. The lowest BCUT2D eigenvalue weighted by Crippen LogP contribution is -2.61.